The zero-order valence-corrected chi connectivity index (χ0v) is 34.3. The molecule has 12 atom stereocenters. The monoisotopic (exact) mass is 1020 g/mol. The van der Waals surface area contributed by atoms with Crippen LogP contribution in [0.5, 0.6) is 0 Å². The Morgan fingerprint density at radius 2 is 1.69 bits per heavy atom. The molecule has 8 N–H and O–H groups in total. The summed E-state index contributed by atoms with van der Waals surface area (Å²) in [5, 5.41) is 69.0. The first-order valence-corrected chi connectivity index (χ1v) is 14.1. The Kier molecular flexibility index (Phi) is 11.6. The molecule has 4 aliphatic rings. The molecule has 1 aromatic carbocycles. The topological polar surface area (TPSA) is 183 Å². The van der Waals surface area contributed by atoms with Crippen LogP contribution in [0.2, 0.25) is 0 Å². The van der Waals surface area contributed by atoms with Gasteiger partial charge in [-0.2, -0.15) is 0 Å². The van der Waals surface area contributed by atoms with Gasteiger partial charge in [0.05, 0.1) is 35.9 Å². The molecule has 1 aromatic rings. The number of hydrogen-bond acceptors (Lipinski definition) is 10. The molecular formula is C30H43Ac2NO9. The van der Waals surface area contributed by atoms with Crippen molar-refractivity contribution in [3.63, 3.8) is 0 Å². The van der Waals surface area contributed by atoms with E-state index in [1.807, 2.05) is 6.07 Å². The van der Waals surface area contributed by atoms with Gasteiger partial charge < -0.3 is 36.0 Å². The Bertz CT molecular complexity index is 1200. The molecule has 1 saturated heterocycles. The second kappa shape index (κ2) is 13.0. The molecule has 12 heteroatoms. The van der Waals surface area contributed by atoms with Gasteiger partial charge in [0.25, 0.3) is 0 Å². The molecule has 3 fully saturated rings. The summed E-state index contributed by atoms with van der Waals surface area (Å²) >= 11 is 0. The minimum atomic E-state index is -1.72. The van der Waals surface area contributed by atoms with Crippen molar-refractivity contribution >= 4 is 5.78 Å². The summed E-state index contributed by atoms with van der Waals surface area (Å²) in [6, 6.07) is 7.90. The van der Waals surface area contributed by atoms with Crippen LogP contribution in [-0.2, 0) is 14.4 Å². The molecule has 2 radical (unpaired) electrons. The Hall–Kier alpha value is 1.15. The van der Waals surface area contributed by atoms with E-state index in [0.29, 0.717) is 11.1 Å². The van der Waals surface area contributed by atoms with Gasteiger partial charge in [-0.15, -0.1) is 0 Å². The quantitative estimate of drug-likeness (QED) is 0.128. The maximum Gasteiger partial charge on any atom is 0.174 e. The molecule has 3 aliphatic carbocycles. The zero-order valence-electron chi connectivity index (χ0n) is 24.8. The van der Waals surface area contributed by atoms with Crippen LogP contribution < -0.4 is 5.73 Å². The molecule has 2 bridgehead atoms. The number of benzene rings is 1. The number of nitrogens with two attached hydrogens (primary N) is 1. The van der Waals surface area contributed by atoms with E-state index in [1.165, 1.54) is 0 Å². The second-order valence-electron chi connectivity index (χ2n) is 13.3. The number of ketones is 1. The summed E-state index contributed by atoms with van der Waals surface area (Å²) in [6.45, 7) is 8.43. The molecule has 0 amide bonds. The van der Waals surface area contributed by atoms with Crippen molar-refractivity contribution in [2.45, 2.75) is 95.2 Å². The summed E-state index contributed by atoms with van der Waals surface area (Å²) < 4.78 is 5.59. The van der Waals surface area contributed by atoms with Crippen molar-refractivity contribution in [3.8, 4) is 0 Å². The van der Waals surface area contributed by atoms with Gasteiger partial charge in [0.2, 0.25) is 0 Å². The molecule has 5 rings (SSSR count). The number of aliphatic hydroxyl groups is 5. The van der Waals surface area contributed by atoms with Gasteiger partial charge in [-0.3, -0.25) is 10.1 Å². The average molecular weight is 1020 g/mol. The number of ether oxygens (including phenoxy) is 1. The smallest absolute Gasteiger partial charge is 0.174 e. The molecular weight excluding hydrogens is 972 g/mol. The average Bonchev–Trinajstić information content (AvgIpc) is 2.92. The van der Waals surface area contributed by atoms with Crippen molar-refractivity contribution in [2.24, 2.45) is 34.3 Å². The largest absolute Gasteiger partial charge is 0.392 e. The molecule has 2 saturated carbocycles. The fourth-order valence-electron chi connectivity index (χ4n) is 8.87. The SMILES string of the molecule is CC1=C2C(O)C(=O)[C@]3(C)C(O)CC4OCC4(O)C3C(C)C(O)(CC1C(OO)C(O)C(N)c1ccccc1)C2(C)C.[Ac].[Ac]. The first-order chi connectivity index (χ1) is 18.6. The van der Waals surface area contributed by atoms with Crippen molar-refractivity contribution in [2.75, 3.05) is 6.61 Å². The Labute approximate surface area is 318 Å². The summed E-state index contributed by atoms with van der Waals surface area (Å²) in [4.78, 5) is 19.1. The van der Waals surface area contributed by atoms with Crippen molar-refractivity contribution in [1.82, 2.24) is 0 Å². The van der Waals surface area contributed by atoms with E-state index in [1.54, 1.807) is 58.9 Å². The van der Waals surface area contributed by atoms with Gasteiger partial charge >= 0.3 is 0 Å². The van der Waals surface area contributed by atoms with Gasteiger partial charge in [-0.05, 0) is 37.3 Å². The number of Topliss-reactive ketones (excluding diaryl/α,β-unsaturated/α-hetero) is 1. The molecule has 1 heterocycles. The summed E-state index contributed by atoms with van der Waals surface area (Å²) in [7, 11) is 0. The fourth-order valence-corrected chi connectivity index (χ4v) is 8.87. The molecule has 10 nitrogen and oxygen atoms in total. The summed E-state index contributed by atoms with van der Waals surface area (Å²) in [6.07, 6.45) is -6.39. The van der Waals surface area contributed by atoms with Crippen LogP contribution in [0.15, 0.2) is 41.5 Å². The van der Waals surface area contributed by atoms with Crippen molar-refractivity contribution < 1.29 is 133 Å². The van der Waals surface area contributed by atoms with Crippen LogP contribution in [-0.4, -0.2) is 84.9 Å². The first-order valence-electron chi connectivity index (χ1n) is 14.1. The van der Waals surface area contributed by atoms with E-state index < -0.39 is 82.1 Å². The van der Waals surface area contributed by atoms with E-state index in [2.05, 4.69) is 0 Å². The maximum absolute atomic E-state index is 14.2. The molecule has 0 aromatic heterocycles. The number of carbonyl (C=O) groups is 1. The predicted octanol–water partition coefficient (Wildman–Crippen LogP) is 1.10. The minimum absolute atomic E-state index is 0. The number of hydrogen-bond donors (Lipinski definition) is 7. The number of carbonyl (C=O) groups excluding carboxylic acids is 1. The summed E-state index contributed by atoms with van der Waals surface area (Å²) in [5.41, 5.74) is 1.80. The molecule has 42 heavy (non-hydrogen) atoms. The third kappa shape index (κ3) is 5.18. The van der Waals surface area contributed by atoms with Gasteiger partial charge in [0.15, 0.2) is 5.78 Å². The Morgan fingerprint density at radius 1 is 1.10 bits per heavy atom. The Morgan fingerprint density at radius 3 is 2.21 bits per heavy atom. The normalized spacial score (nSPS) is 42.7. The predicted molar refractivity (Wildman–Crippen MR) is 144 cm³/mol. The maximum atomic E-state index is 14.2. The fraction of sp³-hybridized carbons (Fsp3) is 0.700. The minimum Gasteiger partial charge on any atom is -0.392 e. The number of fused-ring (bicyclic) bond motifs is 5. The molecule has 11 unspecified atom stereocenters. The van der Waals surface area contributed by atoms with Crippen molar-refractivity contribution in [1.29, 1.82) is 0 Å². The van der Waals surface area contributed by atoms with E-state index in [9.17, 15) is 35.6 Å². The van der Waals surface area contributed by atoms with Gasteiger partial charge in [-0.1, -0.05) is 56.7 Å². The number of aliphatic hydroxyl groups excluding tert-OH is 3. The van der Waals surface area contributed by atoms with Crippen LogP contribution in [0.3, 0.4) is 0 Å². The van der Waals surface area contributed by atoms with Gasteiger partial charge in [0.1, 0.15) is 23.9 Å². The summed E-state index contributed by atoms with van der Waals surface area (Å²) in [5.74, 6) is -3.25. The Balaban J connectivity index is 0.00000242. The van der Waals surface area contributed by atoms with E-state index in [4.69, 9.17) is 15.4 Å². The third-order valence-corrected chi connectivity index (χ3v) is 11.4. The first kappa shape index (κ1) is 37.6. The van der Waals surface area contributed by atoms with Crippen LogP contribution in [0.25, 0.3) is 0 Å². The molecule has 0 spiro atoms. The van der Waals surface area contributed by atoms with Crippen LogP contribution in [0.1, 0.15) is 59.1 Å². The second-order valence-corrected chi connectivity index (χ2v) is 13.3. The van der Waals surface area contributed by atoms with Gasteiger partial charge in [-0.25, -0.2) is 4.89 Å². The van der Waals surface area contributed by atoms with Crippen LogP contribution in [0.4, 0.5) is 0 Å². The van der Waals surface area contributed by atoms with Gasteiger partial charge in [0, 0.05) is 112 Å². The molecule has 228 valence electrons. The molecule has 1 aliphatic heterocycles. The van der Waals surface area contributed by atoms with E-state index in [-0.39, 0.29) is 113 Å². The van der Waals surface area contributed by atoms with Crippen molar-refractivity contribution in [3.05, 3.63) is 47.0 Å². The van der Waals surface area contributed by atoms with Crippen LogP contribution >= 0.6 is 0 Å². The van der Waals surface area contributed by atoms with Crippen LogP contribution in [0, 0.1) is 117 Å². The van der Waals surface area contributed by atoms with E-state index >= 15 is 0 Å². The number of rotatable bonds is 5. The third-order valence-electron chi connectivity index (χ3n) is 11.4. The zero-order chi connectivity index (χ0) is 29.6. The van der Waals surface area contributed by atoms with E-state index in [0.717, 1.165) is 0 Å². The standard InChI is InChI=1S/C30H43NO9.2Ac/c1-14-17(24(40-38)23(34)21(31)16-9-7-6-8-10-16)12-30(37)15(2)25-28(5,18(32)11-19-29(25,36)13-39-19)26(35)22(33)20(14)27(30,3)4;;/h6-10,15,17-19,21-25,32-34,36-38H,11-13,31H2,1-5H3;;/t15?,17?,18?,19?,21?,22?,23?,24?,25?,28-,29?,30?;;/m1../s1.